The van der Waals surface area contributed by atoms with Crippen LogP contribution in [0.4, 0.5) is 0 Å². The van der Waals surface area contributed by atoms with Crippen molar-refractivity contribution in [2.24, 2.45) is 11.8 Å². The van der Waals surface area contributed by atoms with Gasteiger partial charge in [-0.15, -0.1) is 0 Å². The molecule has 3 aliphatic heterocycles. The van der Waals surface area contributed by atoms with Crippen LogP contribution in [0.1, 0.15) is 12.8 Å². The molecule has 3 aliphatic rings. The Hall–Kier alpha value is -1.18. The summed E-state index contributed by atoms with van der Waals surface area (Å²) in [6, 6.07) is 0. The molecule has 3 fully saturated rings. The van der Waals surface area contributed by atoms with Crippen LogP contribution >= 0.6 is 0 Å². The Morgan fingerprint density at radius 1 is 1.11 bits per heavy atom. The molecule has 0 radical (unpaired) electrons. The molecule has 0 aromatic carbocycles. The van der Waals surface area contributed by atoms with Gasteiger partial charge < -0.3 is 24.4 Å². The van der Waals surface area contributed by atoms with Crippen molar-refractivity contribution in [3.63, 3.8) is 0 Å². The van der Waals surface area contributed by atoms with Crippen molar-refractivity contribution >= 4 is 11.9 Å². The molecular weight excluding hydrogens is 244 g/mol. The maximum absolute atomic E-state index is 11.4. The number of hydrogen-bond acceptors (Lipinski definition) is 5. The molecule has 7 nitrogen and oxygen atoms in total. The number of hydrogen-bond donors (Lipinski definition) is 2. The predicted molar refractivity (Wildman–Crippen MR) is 54.8 cm³/mol. The molecule has 2 bridgehead atoms. The number of carboxylic acid groups (broad SMARTS) is 2. The van der Waals surface area contributed by atoms with Gasteiger partial charge in [-0.05, 0) is 12.8 Å². The van der Waals surface area contributed by atoms with Crippen molar-refractivity contribution in [2.75, 3.05) is 13.2 Å². The summed E-state index contributed by atoms with van der Waals surface area (Å²) in [7, 11) is 0. The highest BCUT2D eigenvalue weighted by molar-refractivity contribution is 5.83. The number of aliphatic carboxylic acids is 2. The molecule has 0 aliphatic carbocycles. The summed E-state index contributed by atoms with van der Waals surface area (Å²) in [6.45, 7) is 0.759. The molecule has 0 amide bonds. The lowest BCUT2D eigenvalue weighted by atomic mass is 9.71. The molecule has 3 rings (SSSR count). The lowest BCUT2D eigenvalue weighted by Crippen LogP contribution is -2.52. The van der Waals surface area contributed by atoms with E-state index in [1.807, 2.05) is 0 Å². The maximum atomic E-state index is 11.4. The summed E-state index contributed by atoms with van der Waals surface area (Å²) < 4.78 is 16.4. The largest absolute Gasteiger partial charge is 0.481 e. The van der Waals surface area contributed by atoms with Gasteiger partial charge in [0.05, 0.1) is 25.2 Å². The third-order valence-corrected chi connectivity index (χ3v) is 4.05. The van der Waals surface area contributed by atoms with Crippen molar-refractivity contribution in [1.29, 1.82) is 0 Å². The van der Waals surface area contributed by atoms with Crippen molar-refractivity contribution in [2.45, 2.75) is 30.8 Å². The second-order valence-electron chi connectivity index (χ2n) is 4.90. The van der Waals surface area contributed by atoms with Gasteiger partial charge in [0, 0.05) is 0 Å². The fourth-order valence-electron chi connectivity index (χ4n) is 3.39. The molecule has 0 aromatic rings. The van der Waals surface area contributed by atoms with Gasteiger partial charge in [0.15, 0.2) is 6.29 Å². The summed E-state index contributed by atoms with van der Waals surface area (Å²) in [5.41, 5.74) is -1.14. The third kappa shape index (κ3) is 1.41. The highest BCUT2D eigenvalue weighted by Crippen LogP contribution is 2.54. The van der Waals surface area contributed by atoms with Crippen LogP contribution in [0.3, 0.4) is 0 Å². The first-order valence-corrected chi connectivity index (χ1v) is 5.93. The summed E-state index contributed by atoms with van der Waals surface area (Å²) in [6.07, 6.45) is -0.336. The van der Waals surface area contributed by atoms with Gasteiger partial charge in [-0.1, -0.05) is 0 Å². The minimum atomic E-state index is -1.16. The minimum Gasteiger partial charge on any atom is -0.481 e. The van der Waals surface area contributed by atoms with E-state index in [9.17, 15) is 19.8 Å². The Morgan fingerprint density at radius 2 is 1.78 bits per heavy atom. The van der Waals surface area contributed by atoms with E-state index in [0.29, 0.717) is 26.1 Å². The summed E-state index contributed by atoms with van der Waals surface area (Å²) in [4.78, 5) is 22.7. The predicted octanol–water partition coefficient (Wildman–Crippen LogP) is -0.308. The Kier molecular flexibility index (Phi) is 2.58. The van der Waals surface area contributed by atoms with Crippen LogP contribution in [0.15, 0.2) is 0 Å². The van der Waals surface area contributed by atoms with Gasteiger partial charge in [-0.2, -0.15) is 0 Å². The van der Waals surface area contributed by atoms with Crippen LogP contribution in [0.5, 0.6) is 0 Å². The van der Waals surface area contributed by atoms with Gasteiger partial charge in [0.1, 0.15) is 11.5 Å². The summed E-state index contributed by atoms with van der Waals surface area (Å²) in [5, 5.41) is 18.5. The normalized spacial score (nSPS) is 43.4. The molecule has 3 saturated heterocycles. The second kappa shape index (κ2) is 3.91. The summed E-state index contributed by atoms with van der Waals surface area (Å²) in [5.74, 6) is -4.43. The van der Waals surface area contributed by atoms with Gasteiger partial charge in [-0.3, -0.25) is 9.59 Å². The zero-order chi connectivity index (χ0) is 12.9. The Bertz CT molecular complexity index is 389. The highest BCUT2D eigenvalue weighted by Gasteiger charge is 2.69. The van der Waals surface area contributed by atoms with Crippen LogP contribution < -0.4 is 0 Å². The van der Waals surface area contributed by atoms with E-state index in [0.717, 1.165) is 0 Å². The quantitative estimate of drug-likeness (QED) is 0.715. The highest BCUT2D eigenvalue weighted by atomic mass is 16.7. The molecule has 0 saturated carbocycles. The Labute approximate surface area is 103 Å². The van der Waals surface area contributed by atoms with Gasteiger partial charge in [0.2, 0.25) is 0 Å². The van der Waals surface area contributed by atoms with Crippen LogP contribution in [0, 0.1) is 11.8 Å². The van der Waals surface area contributed by atoms with Crippen LogP contribution in [0.2, 0.25) is 0 Å². The first-order chi connectivity index (χ1) is 8.56. The zero-order valence-electron chi connectivity index (χ0n) is 9.57. The first-order valence-electron chi connectivity index (χ1n) is 5.93. The van der Waals surface area contributed by atoms with E-state index in [4.69, 9.17) is 14.2 Å². The van der Waals surface area contributed by atoms with Gasteiger partial charge in [-0.25, -0.2) is 0 Å². The first kappa shape index (κ1) is 11.9. The molecule has 3 heterocycles. The Balaban J connectivity index is 1.97. The van der Waals surface area contributed by atoms with E-state index < -0.39 is 41.8 Å². The fraction of sp³-hybridized carbons (Fsp3) is 0.818. The molecule has 18 heavy (non-hydrogen) atoms. The minimum absolute atomic E-state index is 0.379. The molecular formula is C11H14O7. The third-order valence-electron chi connectivity index (χ3n) is 4.05. The average Bonchev–Trinajstić information content (AvgIpc) is 3.01. The van der Waals surface area contributed by atoms with E-state index in [2.05, 4.69) is 0 Å². The molecule has 0 spiro atoms. The van der Waals surface area contributed by atoms with Gasteiger partial charge >= 0.3 is 11.9 Å². The van der Waals surface area contributed by atoms with Crippen molar-refractivity contribution in [3.8, 4) is 0 Å². The lowest BCUT2D eigenvalue weighted by molar-refractivity contribution is -0.200. The molecule has 100 valence electrons. The van der Waals surface area contributed by atoms with Crippen molar-refractivity contribution in [1.82, 2.24) is 0 Å². The van der Waals surface area contributed by atoms with E-state index in [1.54, 1.807) is 0 Å². The van der Waals surface area contributed by atoms with Crippen LogP contribution in [0.25, 0.3) is 0 Å². The van der Waals surface area contributed by atoms with E-state index >= 15 is 0 Å². The smallest absolute Gasteiger partial charge is 0.310 e. The molecule has 0 aromatic heterocycles. The van der Waals surface area contributed by atoms with Crippen molar-refractivity contribution in [3.05, 3.63) is 0 Å². The van der Waals surface area contributed by atoms with E-state index in [1.165, 1.54) is 0 Å². The summed E-state index contributed by atoms with van der Waals surface area (Å²) >= 11 is 0. The second-order valence-corrected chi connectivity index (χ2v) is 4.90. The SMILES string of the molecule is O=C(O)C1C2CCC(C3OCCO3)(O2)C1C(=O)O. The number of carboxylic acids is 2. The zero-order valence-corrected chi connectivity index (χ0v) is 9.57. The molecule has 7 heteroatoms. The number of fused-ring (bicyclic) bond motifs is 2. The molecule has 4 unspecified atom stereocenters. The van der Waals surface area contributed by atoms with Crippen LogP contribution in [-0.2, 0) is 23.8 Å². The Morgan fingerprint density at radius 3 is 2.33 bits per heavy atom. The van der Waals surface area contributed by atoms with Crippen molar-refractivity contribution < 1.29 is 34.0 Å². The standard InChI is InChI=1S/C11H14O7/c12-8(13)6-5-1-2-11(18-5,7(6)9(14)15)10-16-3-4-17-10/h5-7,10H,1-4H2,(H,12,13)(H,14,15). The number of ether oxygens (including phenoxy) is 3. The molecule has 2 N–H and O–H groups in total. The topological polar surface area (TPSA) is 102 Å². The number of rotatable bonds is 3. The lowest BCUT2D eigenvalue weighted by Gasteiger charge is -2.35. The monoisotopic (exact) mass is 258 g/mol. The van der Waals surface area contributed by atoms with E-state index in [-0.39, 0.29) is 0 Å². The van der Waals surface area contributed by atoms with Gasteiger partial charge in [0.25, 0.3) is 0 Å². The molecule has 4 atom stereocenters. The van der Waals surface area contributed by atoms with Crippen LogP contribution in [-0.4, -0.2) is 53.4 Å². The maximum Gasteiger partial charge on any atom is 0.310 e. The number of carbonyl (C=O) groups is 2. The fourth-order valence-corrected chi connectivity index (χ4v) is 3.39. The average molecular weight is 258 g/mol.